The van der Waals surface area contributed by atoms with Gasteiger partial charge in [-0.25, -0.2) is 0 Å². The molecule has 0 aromatic heterocycles. The molecule has 0 fully saturated rings. The van der Waals surface area contributed by atoms with E-state index in [9.17, 15) is 0 Å². The molecule has 1 radical (unpaired) electrons. The summed E-state index contributed by atoms with van der Waals surface area (Å²) in [6, 6.07) is 13.0. The topological polar surface area (TPSA) is 0 Å². The summed E-state index contributed by atoms with van der Waals surface area (Å²) in [6.45, 7) is 0. The van der Waals surface area contributed by atoms with Crippen LogP contribution in [0.25, 0.3) is 17.2 Å². The van der Waals surface area contributed by atoms with Gasteiger partial charge >= 0.3 is 0 Å². The Kier molecular flexibility index (Phi) is 1.31. The zero-order valence-corrected chi connectivity index (χ0v) is 7.20. The molecule has 0 aliphatic heterocycles. The van der Waals surface area contributed by atoms with Crippen LogP contribution >= 0.6 is 0 Å². The van der Waals surface area contributed by atoms with Gasteiger partial charge in [0.2, 0.25) is 0 Å². The zero-order chi connectivity index (χ0) is 8.67. The molecule has 0 spiro atoms. The van der Waals surface area contributed by atoms with Crippen LogP contribution in [0.15, 0.2) is 42.5 Å². The highest BCUT2D eigenvalue weighted by atomic mass is 14.1. The second-order valence-electron chi connectivity index (χ2n) is 3.35. The van der Waals surface area contributed by atoms with Crippen LogP contribution in [0, 0.1) is 6.42 Å². The average molecular weight is 165 g/mol. The Labute approximate surface area is 77.9 Å². The Balaban J connectivity index is 2.35. The Hall–Kier alpha value is -1.56. The van der Waals surface area contributed by atoms with Gasteiger partial charge in [0.1, 0.15) is 0 Å². The minimum Gasteiger partial charge on any atom is -0.0755 e. The summed E-state index contributed by atoms with van der Waals surface area (Å²) in [7, 11) is 0. The van der Waals surface area contributed by atoms with Crippen LogP contribution in [0.4, 0.5) is 0 Å². The lowest BCUT2D eigenvalue weighted by molar-refractivity contribution is 1.61. The lowest BCUT2D eigenvalue weighted by Gasteiger charge is -1.90. The predicted molar refractivity (Wildman–Crippen MR) is 55.5 cm³/mol. The number of allylic oxidation sites excluding steroid dienone is 1. The molecule has 0 atom stereocenters. The molecular formula is C13H9. The van der Waals surface area contributed by atoms with E-state index in [1.807, 2.05) is 0 Å². The van der Waals surface area contributed by atoms with E-state index in [2.05, 4.69) is 55.0 Å². The fourth-order valence-electron chi connectivity index (χ4n) is 1.81. The van der Waals surface area contributed by atoms with Crippen molar-refractivity contribution in [1.29, 1.82) is 0 Å². The number of hydrogen-bond donors (Lipinski definition) is 0. The van der Waals surface area contributed by atoms with Gasteiger partial charge in [0.05, 0.1) is 0 Å². The second kappa shape index (κ2) is 2.46. The van der Waals surface area contributed by atoms with Gasteiger partial charge in [0, 0.05) is 6.42 Å². The van der Waals surface area contributed by atoms with Crippen LogP contribution in [-0.4, -0.2) is 0 Å². The monoisotopic (exact) mass is 165 g/mol. The van der Waals surface area contributed by atoms with Gasteiger partial charge in [-0.05, 0) is 28.3 Å². The first kappa shape index (κ1) is 6.90. The molecule has 0 unspecified atom stereocenters. The zero-order valence-electron chi connectivity index (χ0n) is 7.20. The number of rotatable bonds is 0. The van der Waals surface area contributed by atoms with Crippen molar-refractivity contribution in [2.24, 2.45) is 0 Å². The Bertz CT molecular complexity index is 452. The van der Waals surface area contributed by atoms with Crippen LogP contribution in [0.5, 0.6) is 0 Å². The average Bonchev–Trinajstić information content (AvgIpc) is 2.72. The van der Waals surface area contributed by atoms with E-state index in [1.54, 1.807) is 0 Å². The van der Waals surface area contributed by atoms with Gasteiger partial charge < -0.3 is 0 Å². The molecule has 0 bridgehead atoms. The minimum atomic E-state index is 1.32. The van der Waals surface area contributed by atoms with Gasteiger partial charge in [-0.3, -0.25) is 0 Å². The van der Waals surface area contributed by atoms with E-state index in [-0.39, 0.29) is 0 Å². The standard InChI is InChI=1S/C13H9/c1-3-10-7-8-11-4-2-6-13(11)9-12(10)5-1/h1-9H. The summed E-state index contributed by atoms with van der Waals surface area (Å²) in [6.07, 6.45) is 6.40. The lowest BCUT2D eigenvalue weighted by atomic mass is 10.1. The van der Waals surface area contributed by atoms with Crippen LogP contribution < -0.4 is 0 Å². The largest absolute Gasteiger partial charge is 0.0755 e. The first-order valence-electron chi connectivity index (χ1n) is 4.48. The molecule has 0 saturated carbocycles. The molecule has 3 rings (SSSR count). The maximum atomic E-state index is 2.24. The molecule has 0 heterocycles. The smallest absolute Gasteiger partial charge is 0.0131 e. The summed E-state index contributed by atoms with van der Waals surface area (Å²) in [5.74, 6) is 0. The van der Waals surface area contributed by atoms with E-state index < -0.39 is 0 Å². The van der Waals surface area contributed by atoms with Gasteiger partial charge in [0.25, 0.3) is 0 Å². The first-order valence-corrected chi connectivity index (χ1v) is 4.48. The van der Waals surface area contributed by atoms with Crippen molar-refractivity contribution in [2.75, 3.05) is 0 Å². The van der Waals surface area contributed by atoms with E-state index in [0.717, 1.165) is 0 Å². The fraction of sp³-hybridized carbons (Fsp3) is 0. The number of fused-ring (bicyclic) bond motifs is 2. The van der Waals surface area contributed by atoms with Crippen molar-refractivity contribution in [2.45, 2.75) is 0 Å². The maximum absolute atomic E-state index is 2.24. The summed E-state index contributed by atoms with van der Waals surface area (Å²) >= 11 is 0. The molecule has 0 nitrogen and oxygen atoms in total. The molecular weight excluding hydrogens is 156 g/mol. The van der Waals surface area contributed by atoms with Gasteiger partial charge in [-0.1, -0.05) is 42.5 Å². The number of hydrogen-bond acceptors (Lipinski definition) is 0. The third-order valence-electron chi connectivity index (χ3n) is 2.52. The SMILES string of the molecule is [CH]1C=Cc2cc3cccc-3ccc21. The minimum absolute atomic E-state index is 1.32. The molecule has 0 aromatic rings. The Morgan fingerprint density at radius 1 is 0.769 bits per heavy atom. The summed E-state index contributed by atoms with van der Waals surface area (Å²) in [5, 5.41) is 0. The van der Waals surface area contributed by atoms with Crippen LogP contribution in [0.1, 0.15) is 11.1 Å². The van der Waals surface area contributed by atoms with E-state index in [0.29, 0.717) is 0 Å². The normalized spacial score (nSPS) is 13.5. The predicted octanol–water partition coefficient (Wildman–Crippen LogP) is 3.37. The highest BCUT2D eigenvalue weighted by Crippen LogP contribution is 2.28. The molecule has 0 aromatic carbocycles. The first-order chi connectivity index (χ1) is 6.43. The van der Waals surface area contributed by atoms with E-state index >= 15 is 0 Å². The van der Waals surface area contributed by atoms with E-state index in [1.165, 1.54) is 22.3 Å². The highest BCUT2D eigenvalue weighted by molar-refractivity contribution is 5.74. The molecule has 3 aliphatic carbocycles. The van der Waals surface area contributed by atoms with Gasteiger partial charge in [0.15, 0.2) is 0 Å². The molecule has 13 heavy (non-hydrogen) atoms. The third kappa shape index (κ3) is 0.988. The molecule has 0 saturated heterocycles. The van der Waals surface area contributed by atoms with Gasteiger partial charge in [-0.15, -0.1) is 0 Å². The van der Waals surface area contributed by atoms with Crippen molar-refractivity contribution in [1.82, 2.24) is 0 Å². The summed E-state index contributed by atoms with van der Waals surface area (Å²) in [5.41, 5.74) is 5.27. The van der Waals surface area contributed by atoms with Crippen LogP contribution in [0.2, 0.25) is 0 Å². The lowest BCUT2D eigenvalue weighted by Crippen LogP contribution is -1.70. The summed E-state index contributed by atoms with van der Waals surface area (Å²) in [4.78, 5) is 0. The Morgan fingerprint density at radius 3 is 2.69 bits per heavy atom. The second-order valence-corrected chi connectivity index (χ2v) is 3.35. The molecule has 0 N–H and O–H groups in total. The van der Waals surface area contributed by atoms with E-state index in [4.69, 9.17) is 0 Å². The van der Waals surface area contributed by atoms with Crippen molar-refractivity contribution in [3.8, 4) is 11.1 Å². The summed E-state index contributed by atoms with van der Waals surface area (Å²) < 4.78 is 0. The van der Waals surface area contributed by atoms with Crippen molar-refractivity contribution in [3.05, 3.63) is 60.0 Å². The van der Waals surface area contributed by atoms with Crippen molar-refractivity contribution >= 4 is 6.08 Å². The third-order valence-corrected chi connectivity index (χ3v) is 2.52. The quantitative estimate of drug-likeness (QED) is 0.561. The molecule has 0 heteroatoms. The molecule has 0 amide bonds. The van der Waals surface area contributed by atoms with Crippen molar-refractivity contribution < 1.29 is 0 Å². The van der Waals surface area contributed by atoms with Crippen LogP contribution in [0.3, 0.4) is 0 Å². The van der Waals surface area contributed by atoms with Crippen molar-refractivity contribution in [3.63, 3.8) is 0 Å². The van der Waals surface area contributed by atoms with Gasteiger partial charge in [-0.2, -0.15) is 0 Å². The fourth-order valence-corrected chi connectivity index (χ4v) is 1.81. The highest BCUT2D eigenvalue weighted by Gasteiger charge is 2.06. The molecule has 3 aliphatic rings. The maximum Gasteiger partial charge on any atom is 0.0131 e. The molecule has 61 valence electrons. The van der Waals surface area contributed by atoms with Crippen LogP contribution in [-0.2, 0) is 0 Å². The Morgan fingerprint density at radius 2 is 1.69 bits per heavy atom.